The average Bonchev–Trinajstić information content (AvgIpc) is 2.15. The summed E-state index contributed by atoms with van der Waals surface area (Å²) in [5.41, 5.74) is 0.622. The third kappa shape index (κ3) is 3.36. The van der Waals surface area contributed by atoms with Crippen molar-refractivity contribution in [1.82, 2.24) is 5.32 Å². The molecule has 1 aromatic rings. The van der Waals surface area contributed by atoms with Crippen molar-refractivity contribution >= 4 is 17.5 Å². The van der Waals surface area contributed by atoms with Crippen LogP contribution in [0.15, 0.2) is 24.3 Å². The Morgan fingerprint density at radius 1 is 1.50 bits per heavy atom. The minimum absolute atomic E-state index is 0.0499. The molecule has 4 heteroatoms. The van der Waals surface area contributed by atoms with E-state index in [1.165, 1.54) is 0 Å². The maximum atomic E-state index is 11.4. The van der Waals surface area contributed by atoms with Gasteiger partial charge in [0.15, 0.2) is 0 Å². The quantitative estimate of drug-likeness (QED) is 0.744. The number of alkyl halides is 1. The van der Waals surface area contributed by atoms with Crippen LogP contribution >= 0.6 is 11.6 Å². The van der Waals surface area contributed by atoms with E-state index in [4.69, 9.17) is 16.7 Å². The Morgan fingerprint density at radius 3 is 2.57 bits per heavy atom. The van der Waals surface area contributed by atoms with Gasteiger partial charge in [-0.3, -0.25) is 4.79 Å². The van der Waals surface area contributed by atoms with Gasteiger partial charge >= 0.3 is 0 Å². The molecule has 0 unspecified atom stereocenters. The summed E-state index contributed by atoms with van der Waals surface area (Å²) in [5, 5.41) is 11.2. The molecule has 0 heterocycles. The number of halogens is 1. The van der Waals surface area contributed by atoms with Gasteiger partial charge in [-0.25, -0.2) is 0 Å². The Kier molecular flexibility index (Phi) is 3.92. The van der Waals surface area contributed by atoms with E-state index in [0.717, 1.165) is 5.56 Å². The molecule has 1 atom stereocenters. The lowest BCUT2D eigenvalue weighted by Crippen LogP contribution is -2.29. The van der Waals surface area contributed by atoms with E-state index in [-0.39, 0.29) is 12.5 Å². The van der Waals surface area contributed by atoms with Gasteiger partial charge < -0.3 is 10.4 Å². The Labute approximate surface area is 87.7 Å². The Balaban J connectivity index is 2.57. The molecule has 0 spiro atoms. The molecule has 1 aromatic carbocycles. The first-order valence-corrected chi connectivity index (χ1v) is 4.70. The molecule has 0 saturated carbocycles. The fourth-order valence-corrected chi connectivity index (χ4v) is 1.06. The van der Waals surface area contributed by atoms with E-state index < -0.39 is 5.56 Å². The van der Waals surface area contributed by atoms with E-state index in [0.29, 0.717) is 5.56 Å². The summed E-state index contributed by atoms with van der Waals surface area (Å²) in [6.45, 7) is 2.00. The number of rotatable bonds is 3. The first-order valence-electron chi connectivity index (χ1n) is 4.26. The molecular formula is C10H12ClNO2. The first-order chi connectivity index (χ1) is 6.59. The van der Waals surface area contributed by atoms with E-state index >= 15 is 0 Å². The van der Waals surface area contributed by atoms with Gasteiger partial charge in [0.2, 0.25) is 0 Å². The highest BCUT2D eigenvalue weighted by Crippen LogP contribution is 2.02. The lowest BCUT2D eigenvalue weighted by atomic mass is 10.1. The maximum Gasteiger partial charge on any atom is 0.251 e. The van der Waals surface area contributed by atoms with Gasteiger partial charge in [0.05, 0.1) is 6.54 Å². The van der Waals surface area contributed by atoms with E-state index in [1.54, 1.807) is 12.1 Å². The lowest BCUT2D eigenvalue weighted by molar-refractivity contribution is 0.0939. The molecular weight excluding hydrogens is 202 g/mol. The second-order valence-corrected chi connectivity index (χ2v) is 3.51. The van der Waals surface area contributed by atoms with E-state index in [1.807, 2.05) is 19.1 Å². The predicted molar refractivity (Wildman–Crippen MR) is 55.4 cm³/mol. The highest BCUT2D eigenvalue weighted by atomic mass is 35.5. The van der Waals surface area contributed by atoms with Crippen molar-refractivity contribution in [3.63, 3.8) is 0 Å². The van der Waals surface area contributed by atoms with E-state index in [2.05, 4.69) is 5.32 Å². The normalized spacial score (nSPS) is 12.2. The van der Waals surface area contributed by atoms with Crippen LogP contribution in [0.4, 0.5) is 0 Å². The van der Waals surface area contributed by atoms with Crippen LogP contribution in [0.1, 0.15) is 15.9 Å². The average molecular weight is 214 g/mol. The fraction of sp³-hybridized carbons (Fsp3) is 0.300. The van der Waals surface area contributed by atoms with E-state index in [9.17, 15) is 4.79 Å². The van der Waals surface area contributed by atoms with Crippen LogP contribution in [0.2, 0.25) is 0 Å². The van der Waals surface area contributed by atoms with Crippen LogP contribution in [0.5, 0.6) is 0 Å². The molecule has 0 fully saturated rings. The fourth-order valence-electron chi connectivity index (χ4n) is 0.984. The van der Waals surface area contributed by atoms with Gasteiger partial charge in [0.25, 0.3) is 5.91 Å². The summed E-state index contributed by atoms with van der Waals surface area (Å²) in [4.78, 5) is 11.4. The van der Waals surface area contributed by atoms with Crippen LogP contribution in [0.3, 0.4) is 0 Å². The Hall–Kier alpha value is -1.06. The van der Waals surface area contributed by atoms with Gasteiger partial charge in [-0.15, -0.1) is 0 Å². The van der Waals surface area contributed by atoms with Crippen molar-refractivity contribution < 1.29 is 9.90 Å². The highest BCUT2D eigenvalue weighted by Gasteiger charge is 2.05. The number of hydrogen-bond donors (Lipinski definition) is 2. The summed E-state index contributed by atoms with van der Waals surface area (Å²) >= 11 is 5.28. The maximum absolute atomic E-state index is 11.4. The zero-order valence-electron chi connectivity index (χ0n) is 7.83. The number of aryl methyl sites for hydroxylation is 1. The zero-order chi connectivity index (χ0) is 10.6. The van der Waals surface area contributed by atoms with Gasteiger partial charge in [-0.1, -0.05) is 29.3 Å². The topological polar surface area (TPSA) is 49.3 Å². The number of aliphatic hydroxyl groups excluding tert-OH is 1. The Bertz CT molecular complexity index is 308. The SMILES string of the molecule is Cc1ccc(C(=O)NC[C@@H](O)Cl)cc1. The molecule has 0 aliphatic carbocycles. The molecule has 0 radical (unpaired) electrons. The third-order valence-electron chi connectivity index (χ3n) is 1.74. The highest BCUT2D eigenvalue weighted by molar-refractivity contribution is 6.19. The van der Waals surface area contributed by atoms with Crippen LogP contribution in [0, 0.1) is 6.92 Å². The van der Waals surface area contributed by atoms with Crippen molar-refractivity contribution in [2.24, 2.45) is 0 Å². The minimum Gasteiger partial charge on any atom is -0.376 e. The van der Waals surface area contributed by atoms with Gasteiger partial charge in [-0.2, -0.15) is 0 Å². The number of nitrogens with one attached hydrogen (secondary N) is 1. The predicted octanol–water partition coefficient (Wildman–Crippen LogP) is 1.28. The van der Waals surface area contributed by atoms with Crippen molar-refractivity contribution in [1.29, 1.82) is 0 Å². The molecule has 0 saturated heterocycles. The van der Waals surface area contributed by atoms with Crippen LogP contribution in [-0.4, -0.2) is 23.1 Å². The number of benzene rings is 1. The van der Waals surface area contributed by atoms with Gasteiger partial charge in [0.1, 0.15) is 5.56 Å². The molecule has 76 valence electrons. The molecule has 1 amide bonds. The number of carbonyl (C=O) groups excluding carboxylic acids is 1. The summed E-state index contributed by atoms with van der Waals surface area (Å²) < 4.78 is 0. The third-order valence-corrected chi connectivity index (χ3v) is 1.90. The molecule has 0 bridgehead atoms. The molecule has 14 heavy (non-hydrogen) atoms. The summed E-state index contributed by atoms with van der Waals surface area (Å²) in [5.74, 6) is -0.232. The molecule has 0 aromatic heterocycles. The summed E-state index contributed by atoms with van der Waals surface area (Å²) in [6.07, 6.45) is 0. The summed E-state index contributed by atoms with van der Waals surface area (Å²) in [7, 11) is 0. The summed E-state index contributed by atoms with van der Waals surface area (Å²) in [6, 6.07) is 7.16. The molecule has 0 aliphatic heterocycles. The van der Waals surface area contributed by atoms with Crippen molar-refractivity contribution in [2.75, 3.05) is 6.54 Å². The smallest absolute Gasteiger partial charge is 0.251 e. The molecule has 2 N–H and O–H groups in total. The standard InChI is InChI=1S/C10H12ClNO2/c1-7-2-4-8(5-3-7)10(14)12-6-9(11)13/h2-5,9,13H,6H2,1H3,(H,12,14)/t9-/m1/s1. The van der Waals surface area contributed by atoms with Crippen molar-refractivity contribution in [2.45, 2.75) is 12.5 Å². The van der Waals surface area contributed by atoms with Crippen LogP contribution < -0.4 is 5.32 Å². The second-order valence-electron chi connectivity index (χ2n) is 3.01. The zero-order valence-corrected chi connectivity index (χ0v) is 8.58. The molecule has 0 aliphatic rings. The Morgan fingerprint density at radius 2 is 2.07 bits per heavy atom. The number of amides is 1. The molecule has 3 nitrogen and oxygen atoms in total. The first kappa shape index (κ1) is 11.0. The monoisotopic (exact) mass is 213 g/mol. The van der Waals surface area contributed by atoms with Gasteiger partial charge in [-0.05, 0) is 19.1 Å². The second kappa shape index (κ2) is 4.98. The van der Waals surface area contributed by atoms with Crippen molar-refractivity contribution in [3.8, 4) is 0 Å². The number of aliphatic hydroxyl groups is 1. The van der Waals surface area contributed by atoms with Crippen LogP contribution in [0.25, 0.3) is 0 Å². The van der Waals surface area contributed by atoms with Crippen molar-refractivity contribution in [3.05, 3.63) is 35.4 Å². The molecule has 1 rings (SSSR count). The van der Waals surface area contributed by atoms with Crippen LogP contribution in [-0.2, 0) is 0 Å². The number of hydrogen-bond acceptors (Lipinski definition) is 2. The van der Waals surface area contributed by atoms with Gasteiger partial charge in [0, 0.05) is 5.56 Å². The largest absolute Gasteiger partial charge is 0.376 e. The number of carbonyl (C=O) groups is 1. The lowest BCUT2D eigenvalue weighted by Gasteiger charge is -2.05. The minimum atomic E-state index is -1.04.